The average Bonchev–Trinajstić information content (AvgIpc) is 3.21. The number of benzene rings is 1. The number of piperidine rings is 1. The molecule has 0 N–H and O–H groups in total. The molecule has 27 heavy (non-hydrogen) atoms. The SMILES string of the molecule is CCOC(=O)C(=O)N1CCC(c2ccc(OC)c(OC3CCCC3)c2)CC1. The summed E-state index contributed by atoms with van der Waals surface area (Å²) in [6.45, 7) is 3.04. The molecule has 2 aliphatic rings. The number of methoxy groups -OCH3 is 1. The molecule has 0 spiro atoms. The number of carbonyl (C=O) groups is 2. The van der Waals surface area contributed by atoms with Gasteiger partial charge < -0.3 is 19.1 Å². The third-order valence-corrected chi connectivity index (χ3v) is 5.49. The Kier molecular flexibility index (Phi) is 6.58. The van der Waals surface area contributed by atoms with Crippen LogP contribution in [0.5, 0.6) is 11.5 Å². The third kappa shape index (κ3) is 4.73. The molecule has 1 saturated carbocycles. The highest BCUT2D eigenvalue weighted by Gasteiger charge is 2.29. The van der Waals surface area contributed by atoms with E-state index < -0.39 is 11.9 Å². The van der Waals surface area contributed by atoms with Crippen LogP contribution in [0.15, 0.2) is 18.2 Å². The third-order valence-electron chi connectivity index (χ3n) is 5.49. The highest BCUT2D eigenvalue weighted by molar-refractivity contribution is 6.32. The van der Waals surface area contributed by atoms with Crippen LogP contribution in [0.3, 0.4) is 0 Å². The molecule has 6 nitrogen and oxygen atoms in total. The van der Waals surface area contributed by atoms with Gasteiger partial charge in [0.05, 0.1) is 19.8 Å². The quantitative estimate of drug-likeness (QED) is 0.584. The zero-order valence-electron chi connectivity index (χ0n) is 16.2. The number of hydrogen-bond acceptors (Lipinski definition) is 5. The maximum absolute atomic E-state index is 12.1. The monoisotopic (exact) mass is 375 g/mol. The molecule has 6 heteroatoms. The van der Waals surface area contributed by atoms with E-state index in [1.54, 1.807) is 18.9 Å². The van der Waals surface area contributed by atoms with Crippen molar-refractivity contribution in [2.24, 2.45) is 0 Å². The number of amides is 1. The van der Waals surface area contributed by atoms with Crippen LogP contribution in [-0.4, -0.2) is 49.7 Å². The number of esters is 1. The van der Waals surface area contributed by atoms with Gasteiger partial charge in [0.25, 0.3) is 0 Å². The van der Waals surface area contributed by atoms with E-state index in [2.05, 4.69) is 12.1 Å². The average molecular weight is 375 g/mol. The number of nitrogens with zero attached hydrogens (tertiary/aromatic N) is 1. The van der Waals surface area contributed by atoms with Crippen LogP contribution < -0.4 is 9.47 Å². The van der Waals surface area contributed by atoms with Crippen LogP contribution in [0.4, 0.5) is 0 Å². The van der Waals surface area contributed by atoms with Crippen LogP contribution in [0.25, 0.3) is 0 Å². The van der Waals surface area contributed by atoms with Crippen molar-refractivity contribution in [3.05, 3.63) is 23.8 Å². The topological polar surface area (TPSA) is 65.1 Å². The molecule has 1 aliphatic carbocycles. The summed E-state index contributed by atoms with van der Waals surface area (Å²) in [5.74, 6) is 0.628. The Balaban J connectivity index is 1.63. The van der Waals surface area contributed by atoms with Crippen molar-refractivity contribution < 1.29 is 23.8 Å². The number of ether oxygens (including phenoxy) is 3. The maximum atomic E-state index is 12.1. The van der Waals surface area contributed by atoms with Crippen LogP contribution in [0.1, 0.15) is 56.9 Å². The second kappa shape index (κ2) is 9.11. The highest BCUT2D eigenvalue weighted by atomic mass is 16.5. The molecule has 2 fully saturated rings. The summed E-state index contributed by atoms with van der Waals surface area (Å²) in [5.41, 5.74) is 1.20. The van der Waals surface area contributed by atoms with Gasteiger partial charge in [-0.25, -0.2) is 4.79 Å². The molecule has 1 saturated heterocycles. The largest absolute Gasteiger partial charge is 0.493 e. The van der Waals surface area contributed by atoms with Crippen molar-refractivity contribution in [2.45, 2.75) is 57.5 Å². The molecule has 1 aromatic rings. The lowest BCUT2D eigenvalue weighted by Crippen LogP contribution is -2.42. The smallest absolute Gasteiger partial charge is 0.397 e. The summed E-state index contributed by atoms with van der Waals surface area (Å²) >= 11 is 0. The molecule has 0 atom stereocenters. The normalized spacial score (nSPS) is 18.4. The molecule has 1 aromatic carbocycles. The molecule has 0 unspecified atom stereocenters. The van der Waals surface area contributed by atoms with Crippen LogP contribution in [0, 0.1) is 0 Å². The van der Waals surface area contributed by atoms with Gasteiger partial charge in [-0.1, -0.05) is 6.07 Å². The van der Waals surface area contributed by atoms with E-state index in [-0.39, 0.29) is 12.7 Å². The Morgan fingerprint density at radius 1 is 1.07 bits per heavy atom. The number of carbonyl (C=O) groups excluding carboxylic acids is 2. The predicted octanol–water partition coefficient (Wildman–Crippen LogP) is 3.29. The fourth-order valence-electron chi connectivity index (χ4n) is 3.96. The van der Waals surface area contributed by atoms with Crippen molar-refractivity contribution in [2.75, 3.05) is 26.8 Å². The van der Waals surface area contributed by atoms with Crippen molar-refractivity contribution in [1.29, 1.82) is 0 Å². The van der Waals surface area contributed by atoms with Gasteiger partial charge in [-0.15, -0.1) is 0 Å². The molecule has 3 rings (SSSR count). The van der Waals surface area contributed by atoms with E-state index in [9.17, 15) is 9.59 Å². The molecule has 0 aromatic heterocycles. The summed E-state index contributed by atoms with van der Waals surface area (Å²) < 4.78 is 16.5. The van der Waals surface area contributed by atoms with Gasteiger partial charge in [0.1, 0.15) is 0 Å². The first-order valence-corrected chi connectivity index (χ1v) is 9.93. The molecular weight excluding hydrogens is 346 g/mol. The first-order valence-electron chi connectivity index (χ1n) is 9.93. The molecule has 1 amide bonds. The van der Waals surface area contributed by atoms with Gasteiger partial charge in [0.15, 0.2) is 11.5 Å². The first-order chi connectivity index (χ1) is 13.1. The van der Waals surface area contributed by atoms with Crippen molar-refractivity contribution in [3.8, 4) is 11.5 Å². The Morgan fingerprint density at radius 2 is 1.78 bits per heavy atom. The highest BCUT2D eigenvalue weighted by Crippen LogP contribution is 2.37. The molecule has 1 aliphatic heterocycles. The Hall–Kier alpha value is -2.24. The van der Waals surface area contributed by atoms with Gasteiger partial charge in [0, 0.05) is 13.1 Å². The zero-order chi connectivity index (χ0) is 19.2. The van der Waals surface area contributed by atoms with Crippen molar-refractivity contribution in [3.63, 3.8) is 0 Å². The number of hydrogen-bond donors (Lipinski definition) is 0. The fraction of sp³-hybridized carbons (Fsp3) is 0.619. The van der Waals surface area contributed by atoms with Crippen LogP contribution in [0.2, 0.25) is 0 Å². The molecule has 0 bridgehead atoms. The summed E-state index contributed by atoms with van der Waals surface area (Å²) in [6, 6.07) is 6.13. The predicted molar refractivity (Wildman–Crippen MR) is 101 cm³/mol. The molecule has 148 valence electrons. The first kappa shape index (κ1) is 19.5. The minimum absolute atomic E-state index is 0.219. The van der Waals surface area contributed by atoms with E-state index in [1.165, 1.54) is 18.4 Å². The van der Waals surface area contributed by atoms with Gasteiger partial charge in [0.2, 0.25) is 0 Å². The van der Waals surface area contributed by atoms with Gasteiger partial charge >= 0.3 is 11.9 Å². The molecular formula is C21H29NO5. The van der Waals surface area contributed by atoms with Crippen LogP contribution in [-0.2, 0) is 14.3 Å². The van der Waals surface area contributed by atoms with E-state index in [4.69, 9.17) is 14.2 Å². The Morgan fingerprint density at radius 3 is 2.41 bits per heavy atom. The van der Waals surface area contributed by atoms with E-state index in [0.29, 0.717) is 19.0 Å². The lowest BCUT2D eigenvalue weighted by atomic mass is 9.89. The number of likely N-dealkylation sites (tertiary alicyclic amines) is 1. The lowest BCUT2D eigenvalue weighted by Gasteiger charge is -2.31. The minimum Gasteiger partial charge on any atom is -0.493 e. The van der Waals surface area contributed by atoms with E-state index >= 15 is 0 Å². The van der Waals surface area contributed by atoms with Gasteiger partial charge in [-0.2, -0.15) is 0 Å². The second-order valence-corrected chi connectivity index (χ2v) is 7.22. The standard InChI is InChI=1S/C21H29NO5/c1-3-26-21(24)20(23)22-12-10-15(11-13-22)16-8-9-18(25-2)19(14-16)27-17-6-4-5-7-17/h8-9,14-15,17H,3-7,10-13H2,1-2H3. The van der Waals surface area contributed by atoms with Gasteiger partial charge in [-0.3, -0.25) is 4.79 Å². The number of rotatable bonds is 5. The lowest BCUT2D eigenvalue weighted by molar-refractivity contribution is -0.160. The Bertz CT molecular complexity index is 661. The maximum Gasteiger partial charge on any atom is 0.397 e. The second-order valence-electron chi connectivity index (χ2n) is 7.22. The summed E-state index contributed by atoms with van der Waals surface area (Å²) in [7, 11) is 1.66. The van der Waals surface area contributed by atoms with Gasteiger partial charge in [-0.05, 0) is 69.1 Å². The fourth-order valence-corrected chi connectivity index (χ4v) is 3.96. The van der Waals surface area contributed by atoms with E-state index in [1.807, 2.05) is 6.07 Å². The summed E-state index contributed by atoms with van der Waals surface area (Å²) in [6.07, 6.45) is 6.56. The molecule has 0 radical (unpaired) electrons. The zero-order valence-corrected chi connectivity index (χ0v) is 16.2. The van der Waals surface area contributed by atoms with E-state index in [0.717, 1.165) is 37.2 Å². The molecule has 1 heterocycles. The van der Waals surface area contributed by atoms with Crippen molar-refractivity contribution in [1.82, 2.24) is 4.90 Å². The van der Waals surface area contributed by atoms with Crippen LogP contribution >= 0.6 is 0 Å². The summed E-state index contributed by atoms with van der Waals surface area (Å²) in [4.78, 5) is 25.3. The summed E-state index contributed by atoms with van der Waals surface area (Å²) in [5, 5.41) is 0. The Labute approximate surface area is 160 Å². The van der Waals surface area contributed by atoms with Crippen molar-refractivity contribution >= 4 is 11.9 Å². The minimum atomic E-state index is -0.757.